The highest BCUT2D eigenvalue weighted by molar-refractivity contribution is 6.32. The molecule has 1 heterocycles. The van der Waals surface area contributed by atoms with Crippen LogP contribution >= 0.6 is 0 Å². The number of aliphatic hydroxyl groups excluding tert-OH is 2. The van der Waals surface area contributed by atoms with E-state index in [0.29, 0.717) is 31.0 Å². The second-order valence-electron chi connectivity index (χ2n) is 6.55. The Morgan fingerprint density at radius 2 is 1.64 bits per heavy atom. The number of aromatic hydroxyl groups is 1. The first-order valence-electron chi connectivity index (χ1n) is 9.13. The number of hydrazone groups is 1. The minimum atomic E-state index is -0.0490. The van der Waals surface area contributed by atoms with Gasteiger partial charge in [0.05, 0.1) is 31.1 Å². The third-order valence-electron chi connectivity index (χ3n) is 4.68. The summed E-state index contributed by atoms with van der Waals surface area (Å²) >= 11 is 0. The molecule has 0 unspecified atom stereocenters. The van der Waals surface area contributed by atoms with Crippen molar-refractivity contribution in [2.24, 2.45) is 5.10 Å². The topological polar surface area (TPSA) is 79.5 Å². The van der Waals surface area contributed by atoms with E-state index in [-0.39, 0.29) is 19.0 Å². The third kappa shape index (κ3) is 4.08. The van der Waals surface area contributed by atoms with Crippen molar-refractivity contribution in [1.82, 2.24) is 4.90 Å². The normalized spacial score (nSPS) is 13.1. The lowest BCUT2D eigenvalue weighted by Crippen LogP contribution is -2.35. The summed E-state index contributed by atoms with van der Waals surface area (Å²) in [5, 5.41) is 34.9. The zero-order valence-electron chi connectivity index (χ0n) is 15.8. The van der Waals surface area contributed by atoms with Crippen molar-refractivity contribution in [2.45, 2.75) is 6.54 Å². The van der Waals surface area contributed by atoms with Crippen molar-refractivity contribution >= 4 is 17.0 Å². The van der Waals surface area contributed by atoms with Gasteiger partial charge >= 0.3 is 0 Å². The number of fused-ring (bicyclic) bond motifs is 1. The average molecular weight is 379 g/mol. The predicted octanol–water partition coefficient (Wildman–Crippen LogP) is 2.58. The lowest BCUT2D eigenvalue weighted by Gasteiger charge is -2.33. The summed E-state index contributed by atoms with van der Waals surface area (Å²) in [5.41, 5.74) is 4.88. The van der Waals surface area contributed by atoms with Gasteiger partial charge in [0.1, 0.15) is 11.5 Å². The Morgan fingerprint density at radius 3 is 2.29 bits per heavy atom. The first-order chi connectivity index (χ1) is 13.5. The second-order valence-corrected chi connectivity index (χ2v) is 6.55. The summed E-state index contributed by atoms with van der Waals surface area (Å²) in [6.07, 6.45) is 0. The molecule has 2 aromatic rings. The van der Waals surface area contributed by atoms with Crippen LogP contribution in [0.2, 0.25) is 0 Å². The number of phenols is 1. The van der Waals surface area contributed by atoms with E-state index < -0.39 is 0 Å². The molecule has 2 aromatic carbocycles. The van der Waals surface area contributed by atoms with E-state index in [0.717, 1.165) is 22.4 Å². The quantitative estimate of drug-likeness (QED) is 0.657. The molecular formula is C22H25N3O3. The van der Waals surface area contributed by atoms with Gasteiger partial charge in [0.25, 0.3) is 0 Å². The lowest BCUT2D eigenvalue weighted by atomic mass is 9.96. The van der Waals surface area contributed by atoms with E-state index in [1.54, 1.807) is 17.0 Å². The summed E-state index contributed by atoms with van der Waals surface area (Å²) in [5.74, 6) is 0.220. The van der Waals surface area contributed by atoms with Gasteiger partial charge in [0, 0.05) is 24.2 Å². The zero-order valence-corrected chi connectivity index (χ0v) is 15.8. The molecule has 0 aromatic heterocycles. The van der Waals surface area contributed by atoms with Gasteiger partial charge in [-0.05, 0) is 23.8 Å². The number of hydrogen-bond donors (Lipinski definition) is 3. The van der Waals surface area contributed by atoms with Crippen LogP contribution in [0.25, 0.3) is 5.57 Å². The number of nitrogens with zero attached hydrogens (tertiary/aromatic N) is 3. The Hall–Kier alpha value is -3.09. The molecule has 1 aliphatic heterocycles. The molecule has 3 rings (SSSR count). The maximum Gasteiger partial charge on any atom is 0.115 e. The van der Waals surface area contributed by atoms with Crippen LogP contribution in [0, 0.1) is 0 Å². The van der Waals surface area contributed by atoms with E-state index in [1.165, 1.54) is 0 Å². The fourth-order valence-electron chi connectivity index (χ4n) is 3.22. The van der Waals surface area contributed by atoms with Crippen molar-refractivity contribution in [2.75, 3.05) is 31.3 Å². The van der Waals surface area contributed by atoms with Crippen molar-refractivity contribution in [1.29, 1.82) is 0 Å². The highest BCUT2D eigenvalue weighted by Gasteiger charge is 2.26. The molecule has 0 fully saturated rings. The molecule has 6 heteroatoms. The van der Waals surface area contributed by atoms with Gasteiger partial charge in [-0.15, -0.1) is 0 Å². The van der Waals surface area contributed by atoms with Crippen molar-refractivity contribution in [3.05, 3.63) is 78.5 Å². The first kappa shape index (κ1) is 19.7. The minimum absolute atomic E-state index is 0.0490. The van der Waals surface area contributed by atoms with Crippen LogP contribution in [0.5, 0.6) is 5.75 Å². The van der Waals surface area contributed by atoms with Gasteiger partial charge < -0.3 is 20.2 Å². The monoisotopic (exact) mass is 379 g/mol. The van der Waals surface area contributed by atoms with Gasteiger partial charge in [-0.1, -0.05) is 43.5 Å². The molecule has 146 valence electrons. The fraction of sp³-hybridized carbons (Fsp3) is 0.227. The average Bonchev–Trinajstić information content (AvgIpc) is 2.71. The Morgan fingerprint density at radius 1 is 1.00 bits per heavy atom. The lowest BCUT2D eigenvalue weighted by molar-refractivity contribution is 0.194. The maximum atomic E-state index is 9.52. The minimum Gasteiger partial charge on any atom is -0.508 e. The molecule has 0 amide bonds. The van der Waals surface area contributed by atoms with Crippen LogP contribution < -0.4 is 5.01 Å². The molecular weight excluding hydrogens is 354 g/mol. The second kappa shape index (κ2) is 8.73. The van der Waals surface area contributed by atoms with Crippen LogP contribution in [0.3, 0.4) is 0 Å². The van der Waals surface area contributed by atoms with E-state index >= 15 is 0 Å². The summed E-state index contributed by atoms with van der Waals surface area (Å²) in [4.78, 5) is 1.80. The highest BCUT2D eigenvalue weighted by Crippen LogP contribution is 2.35. The molecule has 0 atom stereocenters. The van der Waals surface area contributed by atoms with E-state index in [2.05, 4.69) is 13.2 Å². The van der Waals surface area contributed by atoms with Crippen molar-refractivity contribution in [3.63, 3.8) is 0 Å². The van der Waals surface area contributed by atoms with Gasteiger partial charge in [0.2, 0.25) is 0 Å². The number of phenolic OH excluding ortho intramolecular Hbond substituents is 1. The number of rotatable bonds is 8. The molecule has 1 aliphatic rings. The zero-order chi connectivity index (χ0) is 20.1. The SMILES string of the molecule is C=C1C(C(=C)N(CCO)CCO)=NN(Cc2ccc(O)cc2)c2ccccc21. The molecule has 0 bridgehead atoms. The van der Waals surface area contributed by atoms with Crippen molar-refractivity contribution < 1.29 is 15.3 Å². The van der Waals surface area contributed by atoms with Gasteiger partial charge in [-0.2, -0.15) is 5.10 Å². The third-order valence-corrected chi connectivity index (χ3v) is 4.68. The number of benzene rings is 2. The number of para-hydroxylation sites is 1. The van der Waals surface area contributed by atoms with Crippen LogP contribution in [0.15, 0.2) is 72.5 Å². The molecule has 0 spiro atoms. The smallest absolute Gasteiger partial charge is 0.115 e. The summed E-state index contributed by atoms with van der Waals surface area (Å²) < 4.78 is 0. The Bertz CT molecular complexity index is 884. The maximum absolute atomic E-state index is 9.52. The number of allylic oxidation sites excluding steroid dienone is 1. The summed E-state index contributed by atoms with van der Waals surface area (Å²) in [7, 11) is 0. The summed E-state index contributed by atoms with van der Waals surface area (Å²) in [6, 6.07) is 14.9. The number of anilines is 1. The largest absolute Gasteiger partial charge is 0.508 e. The predicted molar refractivity (Wildman–Crippen MR) is 112 cm³/mol. The van der Waals surface area contributed by atoms with Crippen molar-refractivity contribution in [3.8, 4) is 5.75 Å². The van der Waals surface area contributed by atoms with Crippen LogP contribution in [0.4, 0.5) is 5.69 Å². The van der Waals surface area contributed by atoms with Gasteiger partial charge in [-0.3, -0.25) is 5.01 Å². The fourth-order valence-corrected chi connectivity index (χ4v) is 3.22. The first-order valence-corrected chi connectivity index (χ1v) is 9.13. The molecule has 28 heavy (non-hydrogen) atoms. The molecule has 0 saturated heterocycles. The Labute approximate surface area is 165 Å². The number of hydrogen-bond acceptors (Lipinski definition) is 6. The Balaban J connectivity index is 1.97. The van der Waals surface area contributed by atoms with E-state index in [9.17, 15) is 15.3 Å². The molecule has 0 aliphatic carbocycles. The van der Waals surface area contributed by atoms with Gasteiger partial charge in [0.15, 0.2) is 0 Å². The van der Waals surface area contributed by atoms with Crippen LogP contribution in [0.1, 0.15) is 11.1 Å². The molecule has 6 nitrogen and oxygen atoms in total. The van der Waals surface area contributed by atoms with E-state index in [4.69, 9.17) is 5.10 Å². The summed E-state index contributed by atoms with van der Waals surface area (Å²) in [6.45, 7) is 9.48. The molecule has 3 N–H and O–H groups in total. The van der Waals surface area contributed by atoms with E-state index in [1.807, 2.05) is 41.4 Å². The molecule has 0 radical (unpaired) electrons. The number of aliphatic hydroxyl groups is 2. The van der Waals surface area contributed by atoms with Crippen LogP contribution in [-0.2, 0) is 6.54 Å². The molecule has 0 saturated carbocycles. The standard InChI is InChI=1S/C22H25N3O3/c1-16-20-5-3-4-6-21(20)25(15-18-7-9-19(28)10-8-18)23-22(16)17(2)24(11-13-26)12-14-27/h3-10,26-28H,1-2,11-15H2. The Kier molecular flexibility index (Phi) is 6.13. The van der Waals surface area contributed by atoms with Gasteiger partial charge in [-0.25, -0.2) is 0 Å². The van der Waals surface area contributed by atoms with Crippen LogP contribution in [-0.4, -0.2) is 52.2 Å². The highest BCUT2D eigenvalue weighted by atomic mass is 16.3.